The fourth-order valence-corrected chi connectivity index (χ4v) is 2.40. The van der Waals surface area contributed by atoms with Gasteiger partial charge in [0, 0.05) is 37.8 Å². The number of hydrogen-bond donors (Lipinski definition) is 2. The van der Waals surface area contributed by atoms with Gasteiger partial charge in [-0.2, -0.15) is 0 Å². The monoisotopic (exact) mass is 313 g/mol. The molecule has 6 heteroatoms. The second kappa shape index (κ2) is 8.87. The molecule has 2 N–H and O–H groups in total. The van der Waals surface area contributed by atoms with Gasteiger partial charge in [0.2, 0.25) is 5.91 Å². The minimum atomic E-state index is 0. The third-order valence-electron chi connectivity index (χ3n) is 3.65. The van der Waals surface area contributed by atoms with Gasteiger partial charge in [-0.3, -0.25) is 9.69 Å². The number of carbonyl (C=O) groups excluding carboxylic acids is 1. The first-order valence-corrected chi connectivity index (χ1v) is 7.04. The van der Waals surface area contributed by atoms with Crippen LogP contribution in [0.1, 0.15) is 12.5 Å². The largest absolute Gasteiger partial charge is 0.496 e. The smallest absolute Gasteiger partial charge is 0.234 e. The summed E-state index contributed by atoms with van der Waals surface area (Å²) in [6.45, 7) is 5.91. The van der Waals surface area contributed by atoms with Gasteiger partial charge in [-0.05, 0) is 13.0 Å². The summed E-state index contributed by atoms with van der Waals surface area (Å²) in [5.74, 6) is 0.869. The molecule has 1 heterocycles. The van der Waals surface area contributed by atoms with Crippen molar-refractivity contribution in [3.05, 3.63) is 29.8 Å². The van der Waals surface area contributed by atoms with E-state index in [1.807, 2.05) is 24.3 Å². The van der Waals surface area contributed by atoms with Gasteiger partial charge in [-0.25, -0.2) is 0 Å². The Bertz CT molecular complexity index is 456. The maximum Gasteiger partial charge on any atom is 0.234 e. The molecule has 0 aromatic heterocycles. The van der Waals surface area contributed by atoms with Crippen LogP contribution < -0.4 is 15.4 Å². The zero-order valence-electron chi connectivity index (χ0n) is 12.6. The molecular formula is C15H24ClN3O2. The first kappa shape index (κ1) is 17.8. The molecule has 0 bridgehead atoms. The summed E-state index contributed by atoms with van der Waals surface area (Å²) >= 11 is 0. The van der Waals surface area contributed by atoms with Crippen molar-refractivity contribution in [1.82, 2.24) is 15.5 Å². The molecule has 5 nitrogen and oxygen atoms in total. The Labute approximate surface area is 132 Å². The van der Waals surface area contributed by atoms with E-state index in [4.69, 9.17) is 4.74 Å². The van der Waals surface area contributed by atoms with E-state index < -0.39 is 0 Å². The highest BCUT2D eigenvalue weighted by molar-refractivity contribution is 5.85. The van der Waals surface area contributed by atoms with Crippen molar-refractivity contribution < 1.29 is 9.53 Å². The summed E-state index contributed by atoms with van der Waals surface area (Å²) in [6, 6.07) is 8.14. The van der Waals surface area contributed by atoms with Crippen LogP contribution in [0.2, 0.25) is 0 Å². The van der Waals surface area contributed by atoms with Crippen molar-refractivity contribution in [2.75, 3.05) is 33.3 Å². The van der Waals surface area contributed by atoms with Gasteiger partial charge in [-0.15, -0.1) is 12.4 Å². The van der Waals surface area contributed by atoms with Crippen LogP contribution >= 0.6 is 12.4 Å². The Hall–Kier alpha value is -1.30. The molecule has 0 saturated carbocycles. The molecular weight excluding hydrogens is 290 g/mol. The van der Waals surface area contributed by atoms with Crippen LogP contribution in [0.4, 0.5) is 0 Å². The third-order valence-corrected chi connectivity index (χ3v) is 3.65. The Morgan fingerprint density at radius 1 is 1.48 bits per heavy atom. The van der Waals surface area contributed by atoms with E-state index in [1.165, 1.54) is 0 Å². The quantitative estimate of drug-likeness (QED) is 0.852. The van der Waals surface area contributed by atoms with E-state index in [0.29, 0.717) is 19.1 Å². The normalized spacial score (nSPS) is 18.7. The highest BCUT2D eigenvalue weighted by Crippen LogP contribution is 2.16. The zero-order chi connectivity index (χ0) is 14.4. The number of benzene rings is 1. The highest BCUT2D eigenvalue weighted by Gasteiger charge is 2.20. The predicted molar refractivity (Wildman–Crippen MR) is 86.0 cm³/mol. The highest BCUT2D eigenvalue weighted by atomic mass is 35.5. The summed E-state index contributed by atoms with van der Waals surface area (Å²) in [5.41, 5.74) is 0.997. The minimum Gasteiger partial charge on any atom is -0.496 e. The number of rotatable bonds is 5. The Balaban J connectivity index is 0.00000220. The molecule has 1 aliphatic heterocycles. The molecule has 2 rings (SSSR count). The third kappa shape index (κ3) is 5.19. The van der Waals surface area contributed by atoms with Crippen molar-refractivity contribution in [2.45, 2.75) is 19.5 Å². The first-order valence-electron chi connectivity index (χ1n) is 7.04. The maximum absolute atomic E-state index is 12.0. The van der Waals surface area contributed by atoms with E-state index in [-0.39, 0.29) is 18.3 Å². The summed E-state index contributed by atoms with van der Waals surface area (Å²) in [6.07, 6.45) is 0. The van der Waals surface area contributed by atoms with Crippen molar-refractivity contribution in [3.63, 3.8) is 0 Å². The topological polar surface area (TPSA) is 53.6 Å². The maximum atomic E-state index is 12.0. The number of methoxy groups -OCH3 is 1. The second-order valence-electron chi connectivity index (χ2n) is 5.11. The Morgan fingerprint density at radius 2 is 2.24 bits per heavy atom. The van der Waals surface area contributed by atoms with Gasteiger partial charge in [0.15, 0.2) is 0 Å². The van der Waals surface area contributed by atoms with E-state index in [1.54, 1.807) is 7.11 Å². The van der Waals surface area contributed by atoms with Crippen LogP contribution in [-0.2, 0) is 11.3 Å². The van der Waals surface area contributed by atoms with Gasteiger partial charge in [-0.1, -0.05) is 18.2 Å². The SMILES string of the molecule is COc1ccccc1CNC(=O)CN1CCNCC1C.Cl. The standard InChI is InChI=1S/C15H23N3O2.ClH/c1-12-9-16-7-8-18(12)11-15(19)17-10-13-5-3-4-6-14(13)20-2;/h3-6,12,16H,7-11H2,1-2H3,(H,17,19);1H. The molecule has 0 spiro atoms. The van der Waals surface area contributed by atoms with Crippen LogP contribution in [-0.4, -0.2) is 50.1 Å². The van der Waals surface area contributed by atoms with Crippen molar-refractivity contribution in [2.24, 2.45) is 0 Å². The number of halogens is 1. The zero-order valence-corrected chi connectivity index (χ0v) is 13.4. The summed E-state index contributed by atoms with van der Waals surface area (Å²) in [7, 11) is 1.64. The van der Waals surface area contributed by atoms with Gasteiger partial charge >= 0.3 is 0 Å². The van der Waals surface area contributed by atoms with Crippen LogP contribution in [0.5, 0.6) is 5.75 Å². The Morgan fingerprint density at radius 3 is 2.95 bits per heavy atom. The van der Waals surface area contributed by atoms with Crippen molar-refractivity contribution >= 4 is 18.3 Å². The number of ether oxygens (including phenoxy) is 1. The van der Waals surface area contributed by atoms with Crippen LogP contribution in [0.3, 0.4) is 0 Å². The molecule has 1 fully saturated rings. The molecule has 21 heavy (non-hydrogen) atoms. The van der Waals surface area contributed by atoms with Crippen LogP contribution in [0, 0.1) is 0 Å². The number of hydrogen-bond acceptors (Lipinski definition) is 4. The second-order valence-corrected chi connectivity index (χ2v) is 5.11. The van der Waals surface area contributed by atoms with E-state index in [0.717, 1.165) is 30.9 Å². The van der Waals surface area contributed by atoms with Gasteiger partial charge in [0.1, 0.15) is 5.75 Å². The van der Waals surface area contributed by atoms with Crippen LogP contribution in [0.25, 0.3) is 0 Å². The molecule has 1 aromatic carbocycles. The number of para-hydroxylation sites is 1. The Kier molecular flexibility index (Phi) is 7.50. The lowest BCUT2D eigenvalue weighted by atomic mass is 10.2. The molecule has 1 amide bonds. The number of amides is 1. The van der Waals surface area contributed by atoms with Gasteiger partial charge in [0.25, 0.3) is 0 Å². The fraction of sp³-hybridized carbons (Fsp3) is 0.533. The van der Waals surface area contributed by atoms with Crippen molar-refractivity contribution in [3.8, 4) is 5.75 Å². The molecule has 0 aliphatic carbocycles. The lowest BCUT2D eigenvalue weighted by Crippen LogP contribution is -2.52. The number of carbonyl (C=O) groups is 1. The fourth-order valence-electron chi connectivity index (χ4n) is 2.40. The lowest BCUT2D eigenvalue weighted by Gasteiger charge is -2.33. The molecule has 1 saturated heterocycles. The number of piperazine rings is 1. The molecule has 0 radical (unpaired) electrons. The first-order chi connectivity index (χ1) is 9.70. The number of nitrogens with one attached hydrogen (secondary N) is 2. The molecule has 1 atom stereocenters. The molecule has 118 valence electrons. The van der Waals surface area contributed by atoms with E-state index >= 15 is 0 Å². The lowest BCUT2D eigenvalue weighted by molar-refractivity contribution is -0.123. The summed E-state index contributed by atoms with van der Waals surface area (Å²) in [4.78, 5) is 14.2. The van der Waals surface area contributed by atoms with E-state index in [9.17, 15) is 4.79 Å². The van der Waals surface area contributed by atoms with Crippen molar-refractivity contribution in [1.29, 1.82) is 0 Å². The molecule has 1 aromatic rings. The molecule has 1 aliphatic rings. The van der Waals surface area contributed by atoms with E-state index in [2.05, 4.69) is 22.5 Å². The number of nitrogens with zero attached hydrogens (tertiary/aromatic N) is 1. The predicted octanol–water partition coefficient (Wildman–Crippen LogP) is 1.03. The minimum absolute atomic E-state index is 0. The van der Waals surface area contributed by atoms with Gasteiger partial charge < -0.3 is 15.4 Å². The van der Waals surface area contributed by atoms with Gasteiger partial charge in [0.05, 0.1) is 13.7 Å². The molecule has 1 unspecified atom stereocenters. The summed E-state index contributed by atoms with van der Waals surface area (Å²) in [5, 5.41) is 6.28. The summed E-state index contributed by atoms with van der Waals surface area (Å²) < 4.78 is 5.27. The average molecular weight is 314 g/mol. The average Bonchev–Trinajstić information content (AvgIpc) is 2.48. The van der Waals surface area contributed by atoms with Crippen LogP contribution in [0.15, 0.2) is 24.3 Å².